The summed E-state index contributed by atoms with van der Waals surface area (Å²) in [7, 11) is 0. The fourth-order valence-corrected chi connectivity index (χ4v) is 9.04. The first-order valence-electron chi connectivity index (χ1n) is 20.3. The highest BCUT2D eigenvalue weighted by Gasteiger charge is 2.22. The van der Waals surface area contributed by atoms with Gasteiger partial charge in [0.15, 0.2) is 17.5 Å². The van der Waals surface area contributed by atoms with Crippen molar-refractivity contribution in [3.8, 4) is 56.7 Å². The third kappa shape index (κ3) is 5.44. The molecule has 0 aliphatic rings. The van der Waals surface area contributed by atoms with E-state index >= 15 is 0 Å². The largest absolute Gasteiger partial charge is 0.309 e. The van der Waals surface area contributed by atoms with Gasteiger partial charge in [-0.05, 0) is 70.4 Å². The van der Waals surface area contributed by atoms with Crippen LogP contribution < -0.4 is 0 Å². The van der Waals surface area contributed by atoms with E-state index in [9.17, 15) is 0 Å². The molecule has 12 rings (SSSR count). The van der Waals surface area contributed by atoms with Crippen molar-refractivity contribution in [3.63, 3.8) is 0 Å². The summed E-state index contributed by atoms with van der Waals surface area (Å²) in [4.78, 5) is 15.7. The molecule has 280 valence electrons. The van der Waals surface area contributed by atoms with E-state index in [-0.39, 0.29) is 0 Å². The first kappa shape index (κ1) is 33.9. The molecule has 5 nitrogen and oxygen atoms in total. The number of rotatable bonds is 6. The van der Waals surface area contributed by atoms with E-state index in [1.54, 1.807) is 0 Å². The van der Waals surface area contributed by atoms with E-state index in [1.165, 1.54) is 38.0 Å². The summed E-state index contributed by atoms with van der Waals surface area (Å²) in [6.07, 6.45) is 0. The van der Waals surface area contributed by atoms with Gasteiger partial charge in [-0.2, -0.15) is 0 Å². The van der Waals surface area contributed by atoms with E-state index in [1.807, 2.05) is 18.2 Å². The molecule has 0 aliphatic heterocycles. The summed E-state index contributed by atoms with van der Waals surface area (Å²) in [6.45, 7) is 0. The molecule has 0 fully saturated rings. The average Bonchev–Trinajstić information content (AvgIpc) is 3.85. The fraction of sp³-hybridized carbons (Fsp3) is 0. The molecule has 0 radical (unpaired) electrons. The zero-order valence-electron chi connectivity index (χ0n) is 32.4. The molecule has 0 bridgehead atoms. The number of benzene rings is 9. The normalized spacial score (nSPS) is 11.7. The summed E-state index contributed by atoms with van der Waals surface area (Å²) in [5, 5.41) is 7.17. The second-order valence-electron chi connectivity index (χ2n) is 15.2. The van der Waals surface area contributed by atoms with Crippen LogP contribution in [0.5, 0.6) is 0 Å². The standard InChI is InChI=1S/C55H35N5/c1-3-17-37(18-4-1)42-33-32-41(35-46(42)55-57-53(38-19-5-2-6-20-38)56-54(58-55)40-31-30-36-16-7-8-21-39(36)34-40)59-49-27-14-11-24-45(49)52-50(59)28-15-29-51(52)60-47-25-12-9-22-43(47)44-23-10-13-26-48(44)60/h1-35H. The zero-order chi connectivity index (χ0) is 39.6. The third-order valence-electron chi connectivity index (χ3n) is 11.8. The van der Waals surface area contributed by atoms with Crippen LogP contribution in [0.25, 0.3) is 111 Å². The van der Waals surface area contributed by atoms with E-state index in [2.05, 4.69) is 203 Å². The summed E-state index contributed by atoms with van der Waals surface area (Å²) in [6, 6.07) is 75.1. The van der Waals surface area contributed by atoms with Gasteiger partial charge in [0.1, 0.15) is 0 Å². The molecule has 0 amide bonds. The first-order valence-corrected chi connectivity index (χ1v) is 20.3. The minimum Gasteiger partial charge on any atom is -0.309 e. The number of hydrogen-bond donors (Lipinski definition) is 0. The van der Waals surface area contributed by atoms with Gasteiger partial charge in [-0.15, -0.1) is 0 Å². The second kappa shape index (κ2) is 13.8. The van der Waals surface area contributed by atoms with Crippen LogP contribution in [0.1, 0.15) is 0 Å². The van der Waals surface area contributed by atoms with Crippen molar-refractivity contribution in [3.05, 3.63) is 212 Å². The maximum absolute atomic E-state index is 5.31. The molecular weight excluding hydrogens is 731 g/mol. The third-order valence-corrected chi connectivity index (χ3v) is 11.8. The number of aromatic nitrogens is 5. The molecule has 0 saturated carbocycles. The van der Waals surface area contributed by atoms with E-state index in [0.29, 0.717) is 17.5 Å². The Balaban J connectivity index is 1.13. The topological polar surface area (TPSA) is 48.5 Å². The SMILES string of the molecule is c1ccc(-c2nc(-c3ccc4ccccc4c3)nc(-c3cc(-n4c5ccccc5c5c(-n6c7ccccc7c7ccccc76)cccc54)ccc3-c3ccccc3)n2)cc1. The summed E-state index contributed by atoms with van der Waals surface area (Å²) in [5.74, 6) is 1.86. The Morgan fingerprint density at radius 3 is 1.57 bits per heavy atom. The van der Waals surface area contributed by atoms with Crippen molar-refractivity contribution in [1.29, 1.82) is 0 Å². The maximum atomic E-state index is 5.31. The molecule has 3 heterocycles. The fourth-order valence-electron chi connectivity index (χ4n) is 9.04. The van der Waals surface area contributed by atoms with Crippen LogP contribution in [-0.4, -0.2) is 24.1 Å². The van der Waals surface area contributed by atoms with Crippen molar-refractivity contribution in [2.75, 3.05) is 0 Å². The maximum Gasteiger partial charge on any atom is 0.164 e. The van der Waals surface area contributed by atoms with Gasteiger partial charge in [0.2, 0.25) is 0 Å². The summed E-state index contributed by atoms with van der Waals surface area (Å²) in [5.41, 5.74) is 11.7. The van der Waals surface area contributed by atoms with E-state index in [0.717, 1.165) is 55.6 Å². The highest BCUT2D eigenvalue weighted by atomic mass is 15.0. The van der Waals surface area contributed by atoms with Gasteiger partial charge in [-0.1, -0.05) is 164 Å². The van der Waals surface area contributed by atoms with Gasteiger partial charge >= 0.3 is 0 Å². The molecule has 9 aromatic carbocycles. The molecule has 0 atom stereocenters. The summed E-state index contributed by atoms with van der Waals surface area (Å²) < 4.78 is 4.82. The van der Waals surface area contributed by atoms with E-state index in [4.69, 9.17) is 15.0 Å². The van der Waals surface area contributed by atoms with Crippen molar-refractivity contribution in [2.24, 2.45) is 0 Å². The molecule has 12 aromatic rings. The van der Waals surface area contributed by atoms with Crippen molar-refractivity contribution < 1.29 is 0 Å². The van der Waals surface area contributed by atoms with Gasteiger partial charge in [0.25, 0.3) is 0 Å². The Morgan fingerprint density at radius 2 is 0.850 bits per heavy atom. The highest BCUT2D eigenvalue weighted by molar-refractivity contribution is 6.16. The van der Waals surface area contributed by atoms with Gasteiger partial charge in [0.05, 0.1) is 27.8 Å². The van der Waals surface area contributed by atoms with Gasteiger partial charge in [-0.25, -0.2) is 15.0 Å². The zero-order valence-corrected chi connectivity index (χ0v) is 32.4. The monoisotopic (exact) mass is 765 g/mol. The lowest BCUT2D eigenvalue weighted by molar-refractivity contribution is 1.07. The molecule has 0 unspecified atom stereocenters. The summed E-state index contributed by atoms with van der Waals surface area (Å²) >= 11 is 0. The van der Waals surface area contributed by atoms with Crippen molar-refractivity contribution >= 4 is 54.4 Å². The van der Waals surface area contributed by atoms with E-state index < -0.39 is 0 Å². The lowest BCUT2D eigenvalue weighted by atomic mass is 9.98. The second-order valence-corrected chi connectivity index (χ2v) is 15.2. The van der Waals surface area contributed by atoms with Crippen LogP contribution in [0.3, 0.4) is 0 Å². The molecule has 0 N–H and O–H groups in total. The van der Waals surface area contributed by atoms with Gasteiger partial charge in [-0.3, -0.25) is 0 Å². The predicted molar refractivity (Wildman–Crippen MR) is 248 cm³/mol. The molecule has 0 saturated heterocycles. The van der Waals surface area contributed by atoms with Crippen LogP contribution in [0.2, 0.25) is 0 Å². The number of nitrogens with zero attached hydrogens (tertiary/aromatic N) is 5. The Kier molecular flexibility index (Phi) is 7.78. The lowest BCUT2D eigenvalue weighted by Crippen LogP contribution is -2.02. The molecule has 0 aliphatic carbocycles. The molecule has 0 spiro atoms. The first-order chi connectivity index (χ1) is 29.8. The Morgan fingerprint density at radius 1 is 0.300 bits per heavy atom. The van der Waals surface area contributed by atoms with Crippen LogP contribution in [-0.2, 0) is 0 Å². The Hall–Kier alpha value is -8.15. The number of para-hydroxylation sites is 3. The smallest absolute Gasteiger partial charge is 0.164 e. The minimum atomic E-state index is 0.611. The molecule has 60 heavy (non-hydrogen) atoms. The van der Waals surface area contributed by atoms with Crippen molar-refractivity contribution in [1.82, 2.24) is 24.1 Å². The molecule has 3 aromatic heterocycles. The number of hydrogen-bond acceptors (Lipinski definition) is 3. The van der Waals surface area contributed by atoms with Gasteiger partial charge in [0, 0.05) is 43.9 Å². The average molecular weight is 766 g/mol. The van der Waals surface area contributed by atoms with Gasteiger partial charge < -0.3 is 9.13 Å². The lowest BCUT2D eigenvalue weighted by Gasteiger charge is -2.16. The predicted octanol–water partition coefficient (Wildman–Crippen LogP) is 13.9. The Labute approximate surface area is 346 Å². The van der Waals surface area contributed by atoms with Crippen LogP contribution in [0.4, 0.5) is 0 Å². The number of fused-ring (bicyclic) bond motifs is 7. The van der Waals surface area contributed by atoms with Crippen molar-refractivity contribution in [2.45, 2.75) is 0 Å². The highest BCUT2D eigenvalue weighted by Crippen LogP contribution is 2.41. The Bertz CT molecular complexity index is 3550. The molecule has 5 heteroatoms. The van der Waals surface area contributed by atoms with Crippen LogP contribution in [0, 0.1) is 0 Å². The molecular formula is C55H35N5. The quantitative estimate of drug-likeness (QED) is 0.169. The minimum absolute atomic E-state index is 0.611. The van der Waals surface area contributed by atoms with Crippen LogP contribution in [0.15, 0.2) is 212 Å². The van der Waals surface area contributed by atoms with Crippen LogP contribution >= 0.6 is 0 Å².